The molecule has 6 aromatic rings. The Bertz CT molecular complexity index is 1860. The summed E-state index contributed by atoms with van der Waals surface area (Å²) >= 11 is 1.52. The molecule has 2 aromatic carbocycles. The number of aromatic hydroxyl groups is 1. The average Bonchev–Trinajstić information content (AvgIpc) is 3.58. The second-order valence-electron chi connectivity index (χ2n) is 8.23. The minimum absolute atomic E-state index is 0.0211. The fourth-order valence-electron chi connectivity index (χ4n) is 4.62. The maximum Gasteiger partial charge on any atom is 0.344 e. The monoisotopic (exact) mass is 496 g/mol. The zero-order valence-electron chi connectivity index (χ0n) is 18.7. The van der Waals surface area contributed by atoms with Gasteiger partial charge >= 0.3 is 5.63 Å². The van der Waals surface area contributed by atoms with E-state index in [1.807, 2.05) is 35.7 Å². The van der Waals surface area contributed by atoms with Gasteiger partial charge in [0.05, 0.1) is 29.5 Å². The molecule has 1 N–H and O–H groups in total. The molecule has 1 unspecified atom stereocenters. The molecule has 0 bridgehead atoms. The highest BCUT2D eigenvalue weighted by Crippen LogP contribution is 2.49. The number of thiophene rings is 1. The first-order valence-electron chi connectivity index (χ1n) is 11.0. The van der Waals surface area contributed by atoms with E-state index in [1.165, 1.54) is 30.8 Å². The molecule has 5 heterocycles. The predicted molar refractivity (Wildman–Crippen MR) is 132 cm³/mol. The number of fused-ring (bicyclic) bond motifs is 6. The molecule has 0 saturated carbocycles. The molecule has 10 heteroatoms. The molecule has 0 radical (unpaired) electrons. The predicted octanol–water partition coefficient (Wildman–Crippen LogP) is 4.96. The SMILES string of the molecule is COc1ccc(-c2nc3c4c(ncn3n2)Oc2c(c(=O)oc3ccccc23)C4c2cccs2)cc1O. The van der Waals surface area contributed by atoms with Gasteiger partial charge in [0, 0.05) is 10.4 Å². The Labute approximate surface area is 206 Å². The van der Waals surface area contributed by atoms with Gasteiger partial charge in [0.25, 0.3) is 0 Å². The summed E-state index contributed by atoms with van der Waals surface area (Å²) in [5, 5.41) is 17.5. The van der Waals surface area contributed by atoms with Crippen LogP contribution in [0.15, 0.2) is 75.5 Å². The summed E-state index contributed by atoms with van der Waals surface area (Å²) < 4.78 is 18.6. The molecule has 1 atom stereocenters. The van der Waals surface area contributed by atoms with Gasteiger partial charge in [-0.25, -0.2) is 19.3 Å². The van der Waals surface area contributed by atoms with Crippen LogP contribution in [0.3, 0.4) is 0 Å². The van der Waals surface area contributed by atoms with Crippen LogP contribution in [0.25, 0.3) is 28.0 Å². The minimum Gasteiger partial charge on any atom is -0.504 e. The number of phenols is 1. The molecule has 1 aliphatic heterocycles. The minimum atomic E-state index is -0.512. The Morgan fingerprint density at radius 1 is 1.11 bits per heavy atom. The average molecular weight is 497 g/mol. The van der Waals surface area contributed by atoms with Gasteiger partial charge in [0.1, 0.15) is 11.9 Å². The fourth-order valence-corrected chi connectivity index (χ4v) is 5.46. The first-order chi connectivity index (χ1) is 17.6. The van der Waals surface area contributed by atoms with Crippen molar-refractivity contribution < 1.29 is 19.0 Å². The van der Waals surface area contributed by atoms with Crippen molar-refractivity contribution in [3.63, 3.8) is 0 Å². The first-order valence-corrected chi connectivity index (χ1v) is 11.9. The Hall–Kier alpha value is -4.70. The van der Waals surface area contributed by atoms with E-state index in [0.29, 0.717) is 56.5 Å². The van der Waals surface area contributed by atoms with E-state index in [4.69, 9.17) is 18.9 Å². The molecular formula is C26H16N4O5S. The lowest BCUT2D eigenvalue weighted by Gasteiger charge is -2.26. The number of benzene rings is 2. The first kappa shape index (κ1) is 20.7. The third-order valence-corrected chi connectivity index (χ3v) is 7.16. The number of hydrogen-bond acceptors (Lipinski definition) is 9. The van der Waals surface area contributed by atoms with Gasteiger partial charge in [-0.3, -0.25) is 0 Å². The number of rotatable bonds is 3. The van der Waals surface area contributed by atoms with E-state index in [1.54, 1.807) is 22.7 Å². The van der Waals surface area contributed by atoms with Crippen molar-refractivity contribution >= 4 is 28.0 Å². The fraction of sp³-hybridized carbons (Fsp3) is 0.0769. The number of para-hydroxylation sites is 1. The van der Waals surface area contributed by atoms with Crippen LogP contribution in [0.1, 0.15) is 21.9 Å². The number of nitrogens with zero attached hydrogens (tertiary/aromatic N) is 4. The largest absolute Gasteiger partial charge is 0.504 e. The summed E-state index contributed by atoms with van der Waals surface area (Å²) in [4.78, 5) is 23.5. The molecule has 0 amide bonds. The van der Waals surface area contributed by atoms with Crippen molar-refractivity contribution in [1.29, 1.82) is 0 Å². The van der Waals surface area contributed by atoms with E-state index in [0.717, 1.165) is 4.88 Å². The van der Waals surface area contributed by atoms with Crippen LogP contribution in [0.4, 0.5) is 0 Å². The van der Waals surface area contributed by atoms with Gasteiger partial charge in [-0.15, -0.1) is 16.4 Å². The van der Waals surface area contributed by atoms with Crippen LogP contribution in [0.5, 0.6) is 23.1 Å². The van der Waals surface area contributed by atoms with Crippen LogP contribution in [0.2, 0.25) is 0 Å². The highest BCUT2D eigenvalue weighted by Gasteiger charge is 2.38. The van der Waals surface area contributed by atoms with Gasteiger partial charge in [-0.1, -0.05) is 18.2 Å². The quantitative estimate of drug-likeness (QED) is 0.342. The van der Waals surface area contributed by atoms with Gasteiger partial charge < -0.3 is 19.0 Å². The van der Waals surface area contributed by atoms with Gasteiger partial charge in [-0.05, 0) is 41.8 Å². The summed E-state index contributed by atoms with van der Waals surface area (Å²) in [6.07, 6.45) is 1.53. The number of hydrogen-bond donors (Lipinski definition) is 1. The third-order valence-electron chi connectivity index (χ3n) is 6.23. The Morgan fingerprint density at radius 2 is 2.00 bits per heavy atom. The molecule has 0 saturated heterocycles. The second-order valence-corrected chi connectivity index (χ2v) is 9.21. The maximum absolute atomic E-state index is 13.3. The molecule has 1 aliphatic rings. The smallest absolute Gasteiger partial charge is 0.344 e. The van der Waals surface area contributed by atoms with Crippen LogP contribution in [-0.4, -0.2) is 31.8 Å². The van der Waals surface area contributed by atoms with E-state index < -0.39 is 11.5 Å². The molecule has 0 fully saturated rings. The van der Waals surface area contributed by atoms with Crippen LogP contribution in [0, 0.1) is 0 Å². The number of phenolic OH excluding ortho intramolecular Hbond substituents is 1. The van der Waals surface area contributed by atoms with Crippen LogP contribution < -0.4 is 15.1 Å². The summed E-state index contributed by atoms with van der Waals surface area (Å²) in [6.45, 7) is 0. The van der Waals surface area contributed by atoms with Crippen molar-refractivity contribution in [2.24, 2.45) is 0 Å². The van der Waals surface area contributed by atoms with Crippen LogP contribution >= 0.6 is 11.3 Å². The zero-order chi connectivity index (χ0) is 24.4. The molecule has 0 aliphatic carbocycles. The van der Waals surface area contributed by atoms with Gasteiger partial charge in [0.2, 0.25) is 5.88 Å². The summed E-state index contributed by atoms with van der Waals surface area (Å²) in [5.41, 5.74) is 2.06. The zero-order valence-corrected chi connectivity index (χ0v) is 19.5. The lowest BCUT2D eigenvalue weighted by molar-refractivity contribution is 0.373. The van der Waals surface area contributed by atoms with E-state index in [9.17, 15) is 9.90 Å². The summed E-state index contributed by atoms with van der Waals surface area (Å²) in [5.74, 6) is 0.979. The highest BCUT2D eigenvalue weighted by molar-refractivity contribution is 7.10. The maximum atomic E-state index is 13.3. The summed E-state index contributed by atoms with van der Waals surface area (Å²) in [7, 11) is 1.48. The standard InChI is InChI=1S/C26H16N4O5S/c1-33-17-9-8-13(11-15(17)31)23-28-24-21-19(18-7-4-10-36-18)20-22(35-25(21)27-12-30(24)29-23)14-5-2-3-6-16(14)34-26(20)32/h2-12,19,31H,1H3. The number of aromatic nitrogens is 4. The second kappa shape index (κ2) is 7.65. The third kappa shape index (κ3) is 2.94. The molecule has 4 aromatic heterocycles. The highest BCUT2D eigenvalue weighted by atomic mass is 32.1. The Balaban J connectivity index is 1.50. The lowest BCUT2D eigenvalue weighted by Crippen LogP contribution is -2.21. The van der Waals surface area contributed by atoms with Gasteiger partial charge in [-0.2, -0.15) is 0 Å². The topological polar surface area (TPSA) is 112 Å². The molecular weight excluding hydrogens is 480 g/mol. The van der Waals surface area contributed by atoms with Gasteiger partial charge in [0.15, 0.2) is 28.7 Å². The number of ether oxygens (including phenoxy) is 2. The molecule has 176 valence electrons. The van der Waals surface area contributed by atoms with Crippen molar-refractivity contribution in [2.75, 3.05) is 7.11 Å². The number of methoxy groups -OCH3 is 1. The lowest BCUT2D eigenvalue weighted by atomic mass is 9.88. The Kier molecular flexibility index (Phi) is 4.39. The van der Waals surface area contributed by atoms with Crippen molar-refractivity contribution in [3.05, 3.63) is 92.7 Å². The van der Waals surface area contributed by atoms with Crippen molar-refractivity contribution in [3.8, 4) is 34.5 Å². The molecule has 7 rings (SSSR count). The molecule has 9 nitrogen and oxygen atoms in total. The van der Waals surface area contributed by atoms with Crippen molar-refractivity contribution in [2.45, 2.75) is 5.92 Å². The van der Waals surface area contributed by atoms with Crippen LogP contribution in [-0.2, 0) is 0 Å². The summed E-state index contributed by atoms with van der Waals surface area (Å²) in [6, 6.07) is 16.1. The Morgan fingerprint density at radius 3 is 2.81 bits per heavy atom. The van der Waals surface area contributed by atoms with E-state index >= 15 is 0 Å². The van der Waals surface area contributed by atoms with E-state index in [-0.39, 0.29) is 5.75 Å². The molecule has 36 heavy (non-hydrogen) atoms. The normalized spacial score (nSPS) is 14.4. The van der Waals surface area contributed by atoms with E-state index in [2.05, 4.69) is 10.1 Å². The molecule has 0 spiro atoms. The van der Waals surface area contributed by atoms with Crippen molar-refractivity contribution in [1.82, 2.24) is 19.6 Å².